The van der Waals surface area contributed by atoms with Gasteiger partial charge in [-0.2, -0.15) is 0 Å². The Kier molecular flexibility index (Phi) is 4.34. The van der Waals surface area contributed by atoms with Crippen molar-refractivity contribution in [1.82, 2.24) is 15.1 Å². The summed E-state index contributed by atoms with van der Waals surface area (Å²) in [5.74, 6) is -0.659. The maximum absolute atomic E-state index is 11.7. The Balaban J connectivity index is 1.76. The van der Waals surface area contributed by atoms with Crippen molar-refractivity contribution in [2.45, 2.75) is 6.42 Å². The van der Waals surface area contributed by atoms with Crippen molar-refractivity contribution in [1.29, 1.82) is 0 Å². The molecule has 0 aromatic heterocycles. The normalized spacial score (nSPS) is 14.8. The minimum absolute atomic E-state index is 0.0378. The molecule has 1 aliphatic rings. The van der Waals surface area contributed by atoms with Crippen molar-refractivity contribution in [2.24, 2.45) is 0 Å². The summed E-state index contributed by atoms with van der Waals surface area (Å²) in [5.41, 5.74) is 1.13. The molecule has 1 heterocycles. The SMILES string of the molecule is CN1CC(=O)N(CC(=O)NCCc2ccccc2)C1=O. The van der Waals surface area contributed by atoms with Gasteiger partial charge in [-0.05, 0) is 12.0 Å². The van der Waals surface area contributed by atoms with Gasteiger partial charge in [-0.3, -0.25) is 14.5 Å². The first-order valence-electron chi connectivity index (χ1n) is 6.44. The minimum atomic E-state index is -0.423. The number of benzene rings is 1. The van der Waals surface area contributed by atoms with Gasteiger partial charge >= 0.3 is 6.03 Å². The van der Waals surface area contributed by atoms with Gasteiger partial charge in [0.1, 0.15) is 13.1 Å². The Morgan fingerprint density at radius 2 is 1.95 bits per heavy atom. The summed E-state index contributed by atoms with van der Waals surface area (Å²) in [6.45, 7) is 0.307. The van der Waals surface area contributed by atoms with Crippen LogP contribution in [0.3, 0.4) is 0 Å². The van der Waals surface area contributed by atoms with Crippen LogP contribution in [-0.4, -0.2) is 54.3 Å². The second-order valence-corrected chi connectivity index (χ2v) is 4.70. The predicted octanol–water partition coefficient (Wildman–Crippen LogP) is 0.239. The van der Waals surface area contributed by atoms with E-state index in [9.17, 15) is 14.4 Å². The standard InChI is InChI=1S/C14H17N3O3/c1-16-10-13(19)17(14(16)20)9-12(18)15-8-7-11-5-3-2-4-6-11/h2-6H,7-10H2,1H3,(H,15,18). The smallest absolute Gasteiger partial charge is 0.327 e. The van der Waals surface area contributed by atoms with Crippen molar-refractivity contribution in [2.75, 3.05) is 26.7 Å². The van der Waals surface area contributed by atoms with Gasteiger partial charge in [-0.15, -0.1) is 0 Å². The average Bonchev–Trinajstić information content (AvgIpc) is 2.67. The molecule has 0 saturated carbocycles. The third-order valence-electron chi connectivity index (χ3n) is 3.11. The lowest BCUT2D eigenvalue weighted by Crippen LogP contribution is -2.41. The third kappa shape index (κ3) is 3.34. The van der Waals surface area contributed by atoms with Crippen LogP contribution in [0, 0.1) is 0 Å². The van der Waals surface area contributed by atoms with Crippen LogP contribution in [0.4, 0.5) is 4.79 Å². The highest BCUT2D eigenvalue weighted by Crippen LogP contribution is 2.06. The molecule has 106 valence electrons. The van der Waals surface area contributed by atoms with Gasteiger partial charge in [0.2, 0.25) is 5.91 Å². The van der Waals surface area contributed by atoms with Crippen LogP contribution >= 0.6 is 0 Å². The molecule has 1 aromatic carbocycles. The van der Waals surface area contributed by atoms with Crippen LogP contribution in [0.2, 0.25) is 0 Å². The molecule has 1 aliphatic heterocycles. The highest BCUT2D eigenvalue weighted by Gasteiger charge is 2.34. The number of nitrogens with one attached hydrogen (secondary N) is 1. The van der Waals surface area contributed by atoms with Gasteiger partial charge in [0.25, 0.3) is 5.91 Å². The summed E-state index contributed by atoms with van der Waals surface area (Å²) >= 11 is 0. The van der Waals surface area contributed by atoms with Crippen LogP contribution in [-0.2, 0) is 16.0 Å². The molecule has 0 atom stereocenters. The number of hydrogen-bond donors (Lipinski definition) is 1. The monoisotopic (exact) mass is 275 g/mol. The zero-order valence-electron chi connectivity index (χ0n) is 11.3. The summed E-state index contributed by atoms with van der Waals surface area (Å²) in [6.07, 6.45) is 0.717. The van der Waals surface area contributed by atoms with E-state index in [1.807, 2.05) is 30.3 Å². The van der Waals surface area contributed by atoms with Crippen molar-refractivity contribution in [3.63, 3.8) is 0 Å². The Morgan fingerprint density at radius 1 is 1.25 bits per heavy atom. The largest absolute Gasteiger partial charge is 0.354 e. The topological polar surface area (TPSA) is 69.7 Å². The molecule has 0 spiro atoms. The summed E-state index contributed by atoms with van der Waals surface area (Å²) in [6, 6.07) is 9.35. The molecule has 1 N–H and O–H groups in total. The van der Waals surface area contributed by atoms with Gasteiger partial charge < -0.3 is 10.2 Å². The molecule has 1 saturated heterocycles. The van der Waals surface area contributed by atoms with E-state index in [1.54, 1.807) is 0 Å². The Hall–Kier alpha value is -2.37. The molecule has 6 nitrogen and oxygen atoms in total. The van der Waals surface area contributed by atoms with E-state index >= 15 is 0 Å². The first-order chi connectivity index (χ1) is 9.58. The van der Waals surface area contributed by atoms with Gasteiger partial charge in [0.05, 0.1) is 0 Å². The lowest BCUT2D eigenvalue weighted by molar-refractivity contribution is -0.130. The van der Waals surface area contributed by atoms with Crippen LogP contribution in [0.1, 0.15) is 5.56 Å². The average molecular weight is 275 g/mol. The second-order valence-electron chi connectivity index (χ2n) is 4.70. The van der Waals surface area contributed by atoms with Gasteiger partial charge in [0.15, 0.2) is 0 Å². The second kappa shape index (κ2) is 6.18. The summed E-state index contributed by atoms with van der Waals surface area (Å²) < 4.78 is 0. The van der Waals surface area contributed by atoms with Crippen molar-refractivity contribution < 1.29 is 14.4 Å². The highest BCUT2D eigenvalue weighted by atomic mass is 16.2. The third-order valence-corrected chi connectivity index (χ3v) is 3.11. The van der Waals surface area contributed by atoms with E-state index in [0.29, 0.717) is 13.0 Å². The number of likely N-dealkylation sites (N-methyl/N-ethyl adjacent to an activating group) is 1. The van der Waals surface area contributed by atoms with Crippen LogP contribution < -0.4 is 5.32 Å². The quantitative estimate of drug-likeness (QED) is 0.783. The summed E-state index contributed by atoms with van der Waals surface area (Å²) in [7, 11) is 1.54. The fraction of sp³-hybridized carbons (Fsp3) is 0.357. The van der Waals surface area contributed by atoms with E-state index in [2.05, 4.69) is 5.32 Å². The summed E-state index contributed by atoms with van der Waals surface area (Å²) in [4.78, 5) is 37.1. The number of imide groups is 1. The first kappa shape index (κ1) is 14.0. The Morgan fingerprint density at radius 3 is 2.55 bits per heavy atom. The zero-order valence-corrected chi connectivity index (χ0v) is 11.3. The zero-order chi connectivity index (χ0) is 14.5. The molecule has 1 aromatic rings. The molecule has 0 unspecified atom stereocenters. The number of carbonyl (C=O) groups excluding carboxylic acids is 3. The number of rotatable bonds is 5. The Bertz CT molecular complexity index is 516. The molecule has 2 rings (SSSR count). The number of amides is 4. The van der Waals surface area contributed by atoms with E-state index in [4.69, 9.17) is 0 Å². The molecule has 20 heavy (non-hydrogen) atoms. The van der Waals surface area contributed by atoms with Gasteiger partial charge in [-0.1, -0.05) is 30.3 Å². The van der Waals surface area contributed by atoms with E-state index < -0.39 is 6.03 Å². The van der Waals surface area contributed by atoms with Crippen molar-refractivity contribution >= 4 is 17.8 Å². The summed E-state index contributed by atoms with van der Waals surface area (Å²) in [5, 5.41) is 2.71. The lowest BCUT2D eigenvalue weighted by Gasteiger charge is -2.13. The number of hydrogen-bond acceptors (Lipinski definition) is 3. The van der Waals surface area contributed by atoms with Crippen LogP contribution in [0.5, 0.6) is 0 Å². The number of urea groups is 1. The Labute approximate surface area is 117 Å². The lowest BCUT2D eigenvalue weighted by atomic mass is 10.1. The first-order valence-corrected chi connectivity index (χ1v) is 6.44. The molecule has 4 amide bonds. The molecular formula is C14H17N3O3. The van der Waals surface area contributed by atoms with Crippen molar-refractivity contribution in [3.8, 4) is 0 Å². The molecule has 0 aliphatic carbocycles. The number of carbonyl (C=O) groups is 3. The molecular weight excluding hydrogens is 258 g/mol. The molecule has 0 radical (unpaired) electrons. The van der Waals surface area contributed by atoms with Gasteiger partial charge in [0, 0.05) is 13.6 Å². The van der Waals surface area contributed by atoms with Crippen LogP contribution in [0.25, 0.3) is 0 Å². The van der Waals surface area contributed by atoms with Gasteiger partial charge in [-0.25, -0.2) is 4.79 Å². The fourth-order valence-corrected chi connectivity index (χ4v) is 2.01. The number of nitrogens with zero attached hydrogens (tertiary/aromatic N) is 2. The van der Waals surface area contributed by atoms with E-state index in [1.165, 1.54) is 11.9 Å². The molecule has 0 bridgehead atoms. The fourth-order valence-electron chi connectivity index (χ4n) is 2.01. The molecule has 1 fully saturated rings. The van der Waals surface area contributed by atoms with E-state index in [0.717, 1.165) is 10.5 Å². The molecule has 6 heteroatoms. The minimum Gasteiger partial charge on any atom is -0.354 e. The maximum atomic E-state index is 11.7. The maximum Gasteiger partial charge on any atom is 0.327 e. The highest BCUT2D eigenvalue weighted by molar-refractivity contribution is 6.04. The van der Waals surface area contributed by atoms with Crippen molar-refractivity contribution in [3.05, 3.63) is 35.9 Å². The van der Waals surface area contributed by atoms with E-state index in [-0.39, 0.29) is 24.9 Å². The van der Waals surface area contributed by atoms with Crippen LogP contribution in [0.15, 0.2) is 30.3 Å². The predicted molar refractivity (Wildman–Crippen MR) is 72.9 cm³/mol.